The molecule has 0 aliphatic rings. The number of hydrogen-bond donors (Lipinski definition) is 2. The lowest BCUT2D eigenvalue weighted by atomic mass is 10.2. The average Bonchev–Trinajstić information content (AvgIpc) is 2.82. The topological polar surface area (TPSA) is 105 Å². The van der Waals surface area contributed by atoms with Crippen molar-refractivity contribution >= 4 is 15.7 Å². The summed E-state index contributed by atoms with van der Waals surface area (Å²) in [7, 11) is -3.12. The first kappa shape index (κ1) is 14.2. The number of carbonyl (C=O) groups excluding carboxylic acids is 1. The number of hydrogen-bond acceptors (Lipinski definition) is 5. The fourth-order valence-corrected chi connectivity index (χ4v) is 2.30. The monoisotopic (exact) mass is 294 g/mol. The third-order valence-corrected chi connectivity index (χ3v) is 3.28. The highest BCUT2D eigenvalue weighted by Crippen LogP contribution is 2.04. The average molecular weight is 294 g/mol. The minimum Gasteiger partial charge on any atom is -0.346 e. The summed E-state index contributed by atoms with van der Waals surface area (Å²) in [5, 5.41) is 9.27. The maximum absolute atomic E-state index is 11.8. The molecular formula is C12H14N4O3S. The summed E-state index contributed by atoms with van der Waals surface area (Å²) in [5.41, 5.74) is 1.53. The van der Waals surface area contributed by atoms with Gasteiger partial charge in [-0.15, -0.1) is 0 Å². The summed E-state index contributed by atoms with van der Waals surface area (Å²) in [5.74, 6) is -0.377. The van der Waals surface area contributed by atoms with E-state index in [4.69, 9.17) is 0 Å². The van der Waals surface area contributed by atoms with Crippen LogP contribution in [-0.4, -0.2) is 35.8 Å². The molecule has 20 heavy (non-hydrogen) atoms. The molecule has 2 aromatic rings. The van der Waals surface area contributed by atoms with Crippen LogP contribution in [0.5, 0.6) is 0 Å². The Morgan fingerprint density at radius 2 is 2.25 bits per heavy atom. The molecule has 0 fully saturated rings. The molecule has 1 amide bonds. The number of nitrogens with zero attached hydrogens (tertiary/aromatic N) is 2. The maximum Gasteiger partial charge on any atom is 0.253 e. The van der Waals surface area contributed by atoms with Gasteiger partial charge in [0.2, 0.25) is 0 Å². The molecule has 7 nitrogen and oxygen atoms in total. The predicted octanol–water partition coefficient (Wildman–Crippen LogP) is 0.279. The number of aromatic amines is 1. The number of rotatable bonds is 5. The van der Waals surface area contributed by atoms with Gasteiger partial charge < -0.3 is 5.32 Å². The van der Waals surface area contributed by atoms with E-state index in [-0.39, 0.29) is 18.2 Å². The molecule has 8 heteroatoms. The Labute approximate surface area is 116 Å². The van der Waals surface area contributed by atoms with Crippen LogP contribution in [0.15, 0.2) is 30.6 Å². The molecule has 0 bridgehead atoms. The number of carbonyl (C=O) groups is 1. The standard InChI is InChI=1S/C12H14N4O3S/c1-20(18,19)8-11-5-10(15-16-11)7-14-12(17)9-3-2-4-13-6-9/h2-6H,7-8H2,1H3,(H,14,17)(H,15,16). The van der Waals surface area contributed by atoms with Gasteiger partial charge in [-0.3, -0.25) is 14.9 Å². The van der Waals surface area contributed by atoms with E-state index in [1.807, 2.05) is 0 Å². The molecule has 0 aliphatic heterocycles. The van der Waals surface area contributed by atoms with Crippen molar-refractivity contribution in [2.45, 2.75) is 12.3 Å². The second-order valence-electron chi connectivity index (χ2n) is 4.38. The molecule has 0 aliphatic carbocycles. The van der Waals surface area contributed by atoms with E-state index in [2.05, 4.69) is 20.5 Å². The molecule has 0 saturated heterocycles. The van der Waals surface area contributed by atoms with Crippen LogP contribution in [0, 0.1) is 0 Å². The molecule has 2 aromatic heterocycles. The molecule has 0 saturated carbocycles. The lowest BCUT2D eigenvalue weighted by molar-refractivity contribution is 0.0950. The Hall–Kier alpha value is -2.22. The van der Waals surface area contributed by atoms with Gasteiger partial charge in [0, 0.05) is 18.6 Å². The van der Waals surface area contributed by atoms with E-state index in [1.54, 1.807) is 24.4 Å². The second-order valence-corrected chi connectivity index (χ2v) is 6.52. The number of H-pyrrole nitrogens is 1. The lowest BCUT2D eigenvalue weighted by Crippen LogP contribution is -2.23. The van der Waals surface area contributed by atoms with E-state index >= 15 is 0 Å². The number of sulfone groups is 1. The van der Waals surface area contributed by atoms with Crippen molar-refractivity contribution in [3.05, 3.63) is 47.5 Å². The van der Waals surface area contributed by atoms with Gasteiger partial charge in [0.25, 0.3) is 5.91 Å². The molecule has 0 atom stereocenters. The summed E-state index contributed by atoms with van der Waals surface area (Å²) < 4.78 is 22.3. The molecule has 0 unspecified atom stereocenters. The van der Waals surface area contributed by atoms with Crippen LogP contribution < -0.4 is 5.32 Å². The zero-order valence-corrected chi connectivity index (χ0v) is 11.6. The molecule has 0 aromatic carbocycles. The first-order chi connectivity index (χ1) is 9.44. The van der Waals surface area contributed by atoms with E-state index in [0.717, 1.165) is 6.26 Å². The molecule has 106 valence electrons. The van der Waals surface area contributed by atoms with Gasteiger partial charge in [0.05, 0.1) is 29.2 Å². The van der Waals surface area contributed by atoms with E-state index in [1.165, 1.54) is 6.20 Å². The number of amides is 1. The van der Waals surface area contributed by atoms with Gasteiger partial charge in [-0.05, 0) is 18.2 Å². The Balaban J connectivity index is 1.93. The molecule has 2 heterocycles. The first-order valence-corrected chi connectivity index (χ1v) is 7.89. The molecular weight excluding hydrogens is 280 g/mol. The highest BCUT2D eigenvalue weighted by molar-refractivity contribution is 7.89. The largest absolute Gasteiger partial charge is 0.346 e. The summed E-state index contributed by atoms with van der Waals surface area (Å²) in [6.45, 7) is 0.241. The SMILES string of the molecule is CS(=O)(=O)Cc1cc(CNC(=O)c2cccnc2)[nH]n1. The fourth-order valence-electron chi connectivity index (χ4n) is 1.62. The van der Waals surface area contributed by atoms with Crippen molar-refractivity contribution < 1.29 is 13.2 Å². The smallest absolute Gasteiger partial charge is 0.253 e. The van der Waals surface area contributed by atoms with Crippen molar-refractivity contribution in [3.8, 4) is 0 Å². The normalized spacial score (nSPS) is 11.2. The van der Waals surface area contributed by atoms with Gasteiger partial charge >= 0.3 is 0 Å². The number of nitrogens with one attached hydrogen (secondary N) is 2. The fraction of sp³-hybridized carbons (Fsp3) is 0.250. The van der Waals surface area contributed by atoms with Crippen LogP contribution in [0.2, 0.25) is 0 Å². The quantitative estimate of drug-likeness (QED) is 0.824. The molecule has 2 rings (SSSR count). The minimum absolute atomic E-state index is 0.125. The highest BCUT2D eigenvalue weighted by atomic mass is 32.2. The van der Waals surface area contributed by atoms with Crippen LogP contribution in [0.25, 0.3) is 0 Å². The Kier molecular flexibility index (Phi) is 4.14. The number of pyridine rings is 1. The van der Waals surface area contributed by atoms with Crippen LogP contribution >= 0.6 is 0 Å². The van der Waals surface area contributed by atoms with Gasteiger partial charge in [0.1, 0.15) is 0 Å². The molecule has 2 N–H and O–H groups in total. The van der Waals surface area contributed by atoms with Crippen molar-refractivity contribution in [3.63, 3.8) is 0 Å². The minimum atomic E-state index is -3.12. The molecule has 0 spiro atoms. The summed E-state index contributed by atoms with van der Waals surface area (Å²) >= 11 is 0. The Bertz CT molecular complexity index is 695. The van der Waals surface area contributed by atoms with E-state index in [0.29, 0.717) is 17.0 Å². The van der Waals surface area contributed by atoms with Crippen molar-refractivity contribution in [2.75, 3.05) is 6.26 Å². The number of aromatic nitrogens is 3. The van der Waals surface area contributed by atoms with Gasteiger partial charge in [0.15, 0.2) is 9.84 Å². The van der Waals surface area contributed by atoms with Crippen LogP contribution in [0.4, 0.5) is 0 Å². The lowest BCUT2D eigenvalue weighted by Gasteiger charge is -2.02. The molecule has 0 radical (unpaired) electrons. The van der Waals surface area contributed by atoms with Crippen molar-refractivity contribution in [2.24, 2.45) is 0 Å². The second kappa shape index (κ2) is 5.83. The van der Waals surface area contributed by atoms with Gasteiger partial charge in [-0.1, -0.05) is 0 Å². The van der Waals surface area contributed by atoms with Crippen molar-refractivity contribution in [1.29, 1.82) is 0 Å². The van der Waals surface area contributed by atoms with Crippen LogP contribution in [0.1, 0.15) is 21.7 Å². The Morgan fingerprint density at radius 1 is 1.45 bits per heavy atom. The summed E-state index contributed by atoms with van der Waals surface area (Å²) in [4.78, 5) is 15.6. The van der Waals surface area contributed by atoms with Gasteiger partial charge in [-0.25, -0.2) is 8.42 Å². The highest BCUT2D eigenvalue weighted by Gasteiger charge is 2.10. The van der Waals surface area contributed by atoms with Crippen LogP contribution in [0.3, 0.4) is 0 Å². The third-order valence-electron chi connectivity index (χ3n) is 2.46. The van der Waals surface area contributed by atoms with Crippen molar-refractivity contribution in [1.82, 2.24) is 20.5 Å². The summed E-state index contributed by atoms with van der Waals surface area (Å²) in [6, 6.07) is 4.95. The van der Waals surface area contributed by atoms with E-state index < -0.39 is 9.84 Å². The summed E-state index contributed by atoms with van der Waals surface area (Å²) in [6.07, 6.45) is 4.20. The van der Waals surface area contributed by atoms with E-state index in [9.17, 15) is 13.2 Å². The predicted molar refractivity (Wildman–Crippen MR) is 72.5 cm³/mol. The first-order valence-electron chi connectivity index (χ1n) is 5.83. The third kappa shape index (κ3) is 4.16. The Morgan fingerprint density at radius 3 is 2.90 bits per heavy atom. The zero-order chi connectivity index (χ0) is 14.6. The maximum atomic E-state index is 11.8. The van der Waals surface area contributed by atoms with Gasteiger partial charge in [-0.2, -0.15) is 5.10 Å². The zero-order valence-electron chi connectivity index (χ0n) is 10.8. The van der Waals surface area contributed by atoms with Crippen LogP contribution in [-0.2, 0) is 22.1 Å².